The number of rotatable bonds is 9. The maximum atomic E-state index is 12.3. The van der Waals surface area contributed by atoms with Crippen molar-refractivity contribution < 1.29 is 19.2 Å². The van der Waals surface area contributed by atoms with Gasteiger partial charge in [0.15, 0.2) is 6.54 Å². The van der Waals surface area contributed by atoms with Crippen molar-refractivity contribution in [2.75, 3.05) is 32.8 Å². The van der Waals surface area contributed by atoms with Crippen molar-refractivity contribution in [1.29, 1.82) is 0 Å². The first kappa shape index (κ1) is 19.3. The van der Waals surface area contributed by atoms with Gasteiger partial charge in [0.25, 0.3) is 5.91 Å². The second kappa shape index (κ2) is 9.46. The SMILES string of the molecule is CCOc1ccc(OCCNC(=O)C[NH+]2CCC[C@H]2c2cccn2C)cc1. The first-order valence-electron chi connectivity index (χ1n) is 9.75. The summed E-state index contributed by atoms with van der Waals surface area (Å²) < 4.78 is 13.2. The third-order valence-corrected chi connectivity index (χ3v) is 5.04. The van der Waals surface area contributed by atoms with E-state index in [1.165, 1.54) is 17.0 Å². The molecule has 1 aliphatic rings. The molecule has 3 rings (SSSR count). The maximum absolute atomic E-state index is 12.3. The first-order chi connectivity index (χ1) is 13.2. The zero-order chi connectivity index (χ0) is 19.1. The van der Waals surface area contributed by atoms with Crippen molar-refractivity contribution in [2.45, 2.75) is 25.8 Å². The number of quaternary nitrogens is 1. The number of nitrogens with zero attached hydrogens (tertiary/aromatic N) is 1. The zero-order valence-electron chi connectivity index (χ0n) is 16.2. The van der Waals surface area contributed by atoms with Crippen molar-refractivity contribution in [3.05, 3.63) is 48.3 Å². The second-order valence-electron chi connectivity index (χ2n) is 6.93. The fraction of sp³-hybridized carbons (Fsp3) is 0.476. The molecule has 1 fully saturated rings. The number of likely N-dealkylation sites (tertiary alicyclic amines) is 1. The molecule has 0 saturated carbocycles. The number of hydrogen-bond donors (Lipinski definition) is 2. The summed E-state index contributed by atoms with van der Waals surface area (Å²) in [5.41, 5.74) is 1.31. The molecule has 1 aliphatic heterocycles. The molecule has 27 heavy (non-hydrogen) atoms. The number of benzene rings is 1. The van der Waals surface area contributed by atoms with Gasteiger partial charge in [0.2, 0.25) is 0 Å². The van der Waals surface area contributed by atoms with Gasteiger partial charge >= 0.3 is 0 Å². The van der Waals surface area contributed by atoms with E-state index in [-0.39, 0.29) is 5.91 Å². The van der Waals surface area contributed by atoms with Gasteiger partial charge in [-0.3, -0.25) is 4.79 Å². The van der Waals surface area contributed by atoms with Crippen LogP contribution in [-0.2, 0) is 11.8 Å². The van der Waals surface area contributed by atoms with Crippen LogP contribution < -0.4 is 19.7 Å². The van der Waals surface area contributed by atoms with Crippen LogP contribution in [0.2, 0.25) is 0 Å². The minimum Gasteiger partial charge on any atom is -0.494 e. The summed E-state index contributed by atoms with van der Waals surface area (Å²) in [5.74, 6) is 1.70. The highest BCUT2D eigenvalue weighted by atomic mass is 16.5. The Morgan fingerprint density at radius 2 is 1.96 bits per heavy atom. The minimum atomic E-state index is 0.0846. The van der Waals surface area contributed by atoms with Crippen LogP contribution in [0.3, 0.4) is 0 Å². The number of ether oxygens (including phenoxy) is 2. The molecule has 146 valence electrons. The maximum Gasteiger partial charge on any atom is 0.275 e. The molecule has 2 aromatic rings. The molecule has 0 radical (unpaired) electrons. The van der Waals surface area contributed by atoms with Gasteiger partial charge in [0.05, 0.1) is 25.4 Å². The molecule has 0 spiro atoms. The van der Waals surface area contributed by atoms with Crippen molar-refractivity contribution in [3.63, 3.8) is 0 Å². The van der Waals surface area contributed by atoms with E-state index in [1.54, 1.807) is 0 Å². The molecule has 6 heteroatoms. The highest BCUT2D eigenvalue weighted by Crippen LogP contribution is 2.19. The predicted molar refractivity (Wildman–Crippen MR) is 104 cm³/mol. The molecule has 1 saturated heterocycles. The predicted octanol–water partition coefficient (Wildman–Crippen LogP) is 1.34. The normalized spacial score (nSPS) is 19.0. The van der Waals surface area contributed by atoms with Gasteiger partial charge in [-0.1, -0.05) is 0 Å². The van der Waals surface area contributed by atoms with E-state index in [9.17, 15) is 4.79 Å². The van der Waals surface area contributed by atoms with Crippen molar-refractivity contribution in [1.82, 2.24) is 9.88 Å². The van der Waals surface area contributed by atoms with Gasteiger partial charge in [0.1, 0.15) is 24.1 Å². The highest BCUT2D eigenvalue weighted by molar-refractivity contribution is 5.76. The summed E-state index contributed by atoms with van der Waals surface area (Å²) in [6.07, 6.45) is 4.38. The van der Waals surface area contributed by atoms with Gasteiger partial charge in [0, 0.05) is 26.1 Å². The van der Waals surface area contributed by atoms with Gasteiger partial charge in [-0.15, -0.1) is 0 Å². The summed E-state index contributed by atoms with van der Waals surface area (Å²) in [5, 5.41) is 2.98. The summed E-state index contributed by atoms with van der Waals surface area (Å²) in [7, 11) is 2.07. The van der Waals surface area contributed by atoms with E-state index in [1.807, 2.05) is 31.2 Å². The Kier molecular flexibility index (Phi) is 6.76. The number of hydrogen-bond acceptors (Lipinski definition) is 3. The van der Waals surface area contributed by atoms with Gasteiger partial charge < -0.3 is 24.3 Å². The quantitative estimate of drug-likeness (QED) is 0.653. The summed E-state index contributed by atoms with van der Waals surface area (Å²) in [6.45, 7) is 5.13. The van der Waals surface area contributed by atoms with E-state index in [4.69, 9.17) is 9.47 Å². The Balaban J connectivity index is 1.39. The average molecular weight is 372 g/mol. The lowest BCUT2D eigenvalue weighted by molar-refractivity contribution is -0.911. The molecular formula is C21H30N3O3+. The summed E-state index contributed by atoms with van der Waals surface area (Å²) >= 11 is 0. The third kappa shape index (κ3) is 5.26. The van der Waals surface area contributed by atoms with E-state index >= 15 is 0 Å². The van der Waals surface area contributed by atoms with E-state index in [2.05, 4.69) is 35.3 Å². The van der Waals surface area contributed by atoms with E-state index in [0.717, 1.165) is 24.5 Å². The Labute approximate surface area is 161 Å². The highest BCUT2D eigenvalue weighted by Gasteiger charge is 2.32. The molecule has 0 aliphatic carbocycles. The first-order valence-corrected chi connectivity index (χ1v) is 9.75. The Morgan fingerprint density at radius 1 is 1.22 bits per heavy atom. The number of amides is 1. The van der Waals surface area contributed by atoms with E-state index in [0.29, 0.717) is 32.3 Å². The average Bonchev–Trinajstić information content (AvgIpc) is 3.28. The minimum absolute atomic E-state index is 0.0846. The number of carbonyl (C=O) groups is 1. The molecule has 0 bridgehead atoms. The largest absolute Gasteiger partial charge is 0.494 e. The Bertz CT molecular complexity index is 727. The van der Waals surface area contributed by atoms with Crippen LogP contribution in [0, 0.1) is 0 Å². The molecule has 2 atom stereocenters. The molecule has 1 unspecified atom stereocenters. The number of carbonyl (C=O) groups excluding carboxylic acids is 1. The number of nitrogens with one attached hydrogen (secondary N) is 2. The van der Waals surface area contributed by atoms with Gasteiger partial charge in [-0.25, -0.2) is 0 Å². The van der Waals surface area contributed by atoms with Crippen LogP contribution in [0.4, 0.5) is 0 Å². The summed E-state index contributed by atoms with van der Waals surface area (Å²) in [6, 6.07) is 12.2. The standard InChI is InChI=1S/C21H29N3O3/c1-3-26-17-8-10-18(11-9-17)27-15-12-22-21(25)16-24-14-5-7-20(24)19-6-4-13-23(19)2/h4,6,8-11,13,20H,3,5,7,12,14-16H2,1-2H3,(H,22,25)/p+1/t20-/m0/s1. The lowest BCUT2D eigenvalue weighted by Gasteiger charge is -2.21. The lowest BCUT2D eigenvalue weighted by Crippen LogP contribution is -3.11. The molecule has 1 amide bonds. The van der Waals surface area contributed by atoms with Crippen LogP contribution in [0.1, 0.15) is 31.5 Å². The van der Waals surface area contributed by atoms with Gasteiger partial charge in [-0.05, 0) is 43.3 Å². The lowest BCUT2D eigenvalue weighted by atomic mass is 10.1. The number of aromatic nitrogens is 1. The molecule has 6 nitrogen and oxygen atoms in total. The molecular weight excluding hydrogens is 342 g/mol. The van der Waals surface area contributed by atoms with Crippen LogP contribution in [-0.4, -0.2) is 43.3 Å². The number of aryl methyl sites for hydroxylation is 1. The molecule has 1 aromatic heterocycles. The molecule has 2 N–H and O–H groups in total. The van der Waals surface area contributed by atoms with Crippen LogP contribution in [0.5, 0.6) is 11.5 Å². The Morgan fingerprint density at radius 3 is 2.63 bits per heavy atom. The van der Waals surface area contributed by atoms with Gasteiger partial charge in [-0.2, -0.15) is 0 Å². The van der Waals surface area contributed by atoms with Crippen LogP contribution in [0.15, 0.2) is 42.6 Å². The smallest absolute Gasteiger partial charge is 0.275 e. The fourth-order valence-electron chi connectivity index (χ4n) is 3.74. The van der Waals surface area contributed by atoms with Crippen molar-refractivity contribution in [2.24, 2.45) is 7.05 Å². The third-order valence-electron chi connectivity index (χ3n) is 5.04. The van der Waals surface area contributed by atoms with Crippen molar-refractivity contribution >= 4 is 5.91 Å². The van der Waals surface area contributed by atoms with Crippen molar-refractivity contribution in [3.8, 4) is 11.5 Å². The summed E-state index contributed by atoms with van der Waals surface area (Å²) in [4.78, 5) is 13.7. The Hall–Kier alpha value is -2.47. The topological polar surface area (TPSA) is 56.9 Å². The van der Waals surface area contributed by atoms with Crippen LogP contribution in [0.25, 0.3) is 0 Å². The second-order valence-corrected chi connectivity index (χ2v) is 6.93. The monoisotopic (exact) mass is 372 g/mol. The molecule has 1 aromatic carbocycles. The van der Waals surface area contributed by atoms with Crippen LogP contribution >= 0.6 is 0 Å². The fourth-order valence-corrected chi connectivity index (χ4v) is 3.74. The zero-order valence-corrected chi connectivity index (χ0v) is 16.2. The van der Waals surface area contributed by atoms with E-state index < -0.39 is 0 Å². The molecule has 2 heterocycles.